The molecule has 2 aliphatic heterocycles. The molecule has 0 N–H and O–H groups in total. The Morgan fingerprint density at radius 3 is 2.65 bits per heavy atom. The van der Waals surface area contributed by atoms with Crippen LogP contribution in [-0.4, -0.2) is 33.9 Å². The van der Waals surface area contributed by atoms with Crippen molar-refractivity contribution in [1.29, 1.82) is 0 Å². The minimum Gasteiger partial charge on any atom is -0.463 e. The summed E-state index contributed by atoms with van der Waals surface area (Å²) in [5.41, 5.74) is 0.0547. The molecule has 1 aromatic heterocycles. The summed E-state index contributed by atoms with van der Waals surface area (Å²) in [5, 5.41) is 6.07. The van der Waals surface area contributed by atoms with Gasteiger partial charge in [0, 0.05) is 6.42 Å². The van der Waals surface area contributed by atoms with Crippen LogP contribution >= 0.6 is 0 Å². The van der Waals surface area contributed by atoms with Gasteiger partial charge in [-0.3, -0.25) is 4.79 Å². The zero-order valence-corrected chi connectivity index (χ0v) is 12.3. The van der Waals surface area contributed by atoms with Gasteiger partial charge in [-0.1, -0.05) is 0 Å². The van der Waals surface area contributed by atoms with Crippen molar-refractivity contribution in [2.75, 3.05) is 0 Å². The van der Waals surface area contributed by atoms with Crippen LogP contribution in [0.15, 0.2) is 27.9 Å². The number of rotatable bonds is 2. The van der Waals surface area contributed by atoms with Crippen molar-refractivity contribution in [2.45, 2.75) is 57.8 Å². The van der Waals surface area contributed by atoms with Crippen molar-refractivity contribution < 1.29 is 13.9 Å². The molecule has 1 atom stereocenters. The third-order valence-electron chi connectivity index (χ3n) is 3.93. The van der Waals surface area contributed by atoms with Crippen LogP contribution in [0.5, 0.6) is 0 Å². The van der Waals surface area contributed by atoms with Crippen molar-refractivity contribution in [3.63, 3.8) is 0 Å². The van der Waals surface area contributed by atoms with E-state index in [2.05, 4.69) is 5.10 Å². The van der Waals surface area contributed by atoms with E-state index < -0.39 is 5.60 Å². The summed E-state index contributed by atoms with van der Waals surface area (Å²) in [6.45, 7) is 8.12. The zero-order valence-electron chi connectivity index (χ0n) is 12.3. The van der Waals surface area contributed by atoms with Gasteiger partial charge in [-0.05, 0) is 39.8 Å². The topological polar surface area (TPSA) is 55.0 Å². The fraction of sp³-hybridized carbons (Fsp3) is 0.600. The van der Waals surface area contributed by atoms with Gasteiger partial charge in [0.2, 0.25) is 5.91 Å². The van der Waals surface area contributed by atoms with Crippen LogP contribution in [0.3, 0.4) is 0 Å². The number of carbonyl (C=O) groups excluding carboxylic acids is 1. The molecule has 1 unspecified atom stereocenters. The fourth-order valence-electron chi connectivity index (χ4n) is 3.18. The number of hydrogen-bond acceptors (Lipinski definition) is 4. The molecule has 5 heteroatoms. The van der Waals surface area contributed by atoms with E-state index in [0.29, 0.717) is 17.9 Å². The van der Waals surface area contributed by atoms with Gasteiger partial charge in [-0.25, -0.2) is 5.01 Å². The SMILES string of the molecule is CC1(C)CC(N2N=C(c3ccco3)CC2=O)C(C)(C)O1. The van der Waals surface area contributed by atoms with Crippen LogP contribution in [0.25, 0.3) is 0 Å². The number of hydrogen-bond donors (Lipinski definition) is 0. The number of amides is 1. The minimum absolute atomic E-state index is 0.00998. The van der Waals surface area contributed by atoms with Crippen LogP contribution in [-0.2, 0) is 9.53 Å². The summed E-state index contributed by atoms with van der Waals surface area (Å²) < 4.78 is 11.4. The molecular weight excluding hydrogens is 256 g/mol. The molecular formula is C15H20N2O3. The second kappa shape index (κ2) is 4.19. The van der Waals surface area contributed by atoms with Crippen molar-refractivity contribution in [3.8, 4) is 0 Å². The van der Waals surface area contributed by atoms with Gasteiger partial charge in [0.15, 0.2) is 0 Å². The maximum atomic E-state index is 12.3. The third-order valence-corrected chi connectivity index (χ3v) is 3.93. The first-order valence-electron chi connectivity index (χ1n) is 6.92. The molecule has 0 saturated carbocycles. The van der Waals surface area contributed by atoms with Crippen molar-refractivity contribution in [1.82, 2.24) is 5.01 Å². The highest BCUT2D eigenvalue weighted by atomic mass is 16.5. The molecule has 0 radical (unpaired) electrons. The zero-order chi connectivity index (χ0) is 14.5. The van der Waals surface area contributed by atoms with Crippen molar-refractivity contribution in [2.24, 2.45) is 5.10 Å². The van der Waals surface area contributed by atoms with Crippen LogP contribution in [0.2, 0.25) is 0 Å². The van der Waals surface area contributed by atoms with Gasteiger partial charge < -0.3 is 9.15 Å². The lowest BCUT2D eigenvalue weighted by Crippen LogP contribution is -2.45. The van der Waals surface area contributed by atoms with E-state index in [1.54, 1.807) is 17.3 Å². The first-order valence-corrected chi connectivity index (χ1v) is 6.92. The standard InChI is InChI=1S/C15H20N2O3/c1-14(2)9-12(15(3,4)20-14)17-13(18)8-10(16-17)11-6-5-7-19-11/h5-7,12H,8-9H2,1-4H3. The maximum absolute atomic E-state index is 12.3. The van der Waals surface area contributed by atoms with Crippen molar-refractivity contribution >= 4 is 11.6 Å². The Labute approximate surface area is 118 Å². The Kier molecular flexibility index (Phi) is 2.80. The molecule has 0 aromatic carbocycles. The first kappa shape index (κ1) is 13.4. The van der Waals surface area contributed by atoms with Crippen LogP contribution in [0.1, 0.15) is 46.3 Å². The number of furan rings is 1. The van der Waals surface area contributed by atoms with Gasteiger partial charge in [-0.15, -0.1) is 0 Å². The van der Waals surface area contributed by atoms with E-state index >= 15 is 0 Å². The molecule has 1 fully saturated rings. The molecule has 0 bridgehead atoms. The molecule has 0 spiro atoms. The van der Waals surface area contributed by atoms with Crippen LogP contribution in [0, 0.1) is 0 Å². The summed E-state index contributed by atoms with van der Waals surface area (Å²) in [5.74, 6) is 0.674. The molecule has 0 aliphatic carbocycles. The number of carbonyl (C=O) groups is 1. The molecule has 2 aliphatic rings. The van der Waals surface area contributed by atoms with Crippen LogP contribution in [0.4, 0.5) is 0 Å². The molecule has 3 rings (SSSR count). The Morgan fingerprint density at radius 2 is 2.10 bits per heavy atom. The first-order chi connectivity index (χ1) is 9.28. The molecule has 20 heavy (non-hydrogen) atoms. The summed E-state index contributed by atoms with van der Waals surface area (Å²) in [4.78, 5) is 12.3. The third kappa shape index (κ3) is 2.16. The van der Waals surface area contributed by atoms with E-state index in [0.717, 1.165) is 6.42 Å². The lowest BCUT2D eigenvalue weighted by molar-refractivity contribution is -0.135. The second-order valence-corrected chi connectivity index (χ2v) is 6.62. The molecule has 1 aromatic rings. The highest BCUT2D eigenvalue weighted by Crippen LogP contribution is 2.41. The fourth-order valence-corrected chi connectivity index (χ4v) is 3.18. The summed E-state index contributed by atoms with van der Waals surface area (Å²) in [6.07, 6.45) is 2.66. The average molecular weight is 276 g/mol. The largest absolute Gasteiger partial charge is 0.463 e. The quantitative estimate of drug-likeness (QED) is 0.834. The summed E-state index contributed by atoms with van der Waals surface area (Å²) in [7, 11) is 0. The van der Waals surface area contributed by atoms with E-state index in [-0.39, 0.29) is 17.6 Å². The van der Waals surface area contributed by atoms with Crippen LogP contribution < -0.4 is 0 Å². The lowest BCUT2D eigenvalue weighted by atomic mass is 9.94. The molecule has 5 nitrogen and oxygen atoms in total. The Morgan fingerprint density at radius 1 is 1.35 bits per heavy atom. The van der Waals surface area contributed by atoms with Gasteiger partial charge >= 0.3 is 0 Å². The minimum atomic E-state index is -0.402. The highest BCUT2D eigenvalue weighted by molar-refractivity contribution is 6.12. The predicted octanol–water partition coefficient (Wildman–Crippen LogP) is 2.56. The predicted molar refractivity (Wildman–Crippen MR) is 74.4 cm³/mol. The van der Waals surface area contributed by atoms with Gasteiger partial charge in [-0.2, -0.15) is 5.10 Å². The summed E-state index contributed by atoms with van der Waals surface area (Å²) in [6, 6.07) is 3.59. The van der Waals surface area contributed by atoms with Crippen molar-refractivity contribution in [3.05, 3.63) is 24.2 Å². The maximum Gasteiger partial charge on any atom is 0.249 e. The Hall–Kier alpha value is -1.62. The normalized spacial score (nSPS) is 28.0. The Bertz CT molecular complexity index is 558. The van der Waals surface area contributed by atoms with E-state index in [1.807, 2.05) is 33.8 Å². The smallest absolute Gasteiger partial charge is 0.249 e. The lowest BCUT2D eigenvalue weighted by Gasteiger charge is -2.31. The molecule has 1 saturated heterocycles. The highest BCUT2D eigenvalue weighted by Gasteiger charge is 2.51. The van der Waals surface area contributed by atoms with Gasteiger partial charge in [0.1, 0.15) is 11.5 Å². The number of ether oxygens (including phenoxy) is 1. The molecule has 3 heterocycles. The average Bonchev–Trinajstić information content (AvgIpc) is 2.96. The number of hydrazone groups is 1. The van der Waals surface area contributed by atoms with E-state index in [4.69, 9.17) is 9.15 Å². The number of nitrogens with zero attached hydrogens (tertiary/aromatic N) is 2. The second-order valence-electron chi connectivity index (χ2n) is 6.62. The van der Waals surface area contributed by atoms with Gasteiger partial charge in [0.25, 0.3) is 0 Å². The Balaban J connectivity index is 1.89. The molecule has 108 valence electrons. The van der Waals surface area contributed by atoms with E-state index in [1.165, 1.54) is 0 Å². The summed E-state index contributed by atoms with van der Waals surface area (Å²) >= 11 is 0. The van der Waals surface area contributed by atoms with E-state index in [9.17, 15) is 4.79 Å². The van der Waals surface area contributed by atoms with Gasteiger partial charge in [0.05, 0.1) is 29.9 Å². The monoisotopic (exact) mass is 276 g/mol. The molecule has 1 amide bonds.